The first-order valence-corrected chi connectivity index (χ1v) is 8.99. The molecule has 0 aromatic heterocycles. The lowest BCUT2D eigenvalue weighted by Crippen LogP contribution is -2.36. The normalized spacial score (nSPS) is 13.4. The van der Waals surface area contributed by atoms with Crippen LogP contribution in [0.15, 0.2) is 28.7 Å². The van der Waals surface area contributed by atoms with Crippen molar-refractivity contribution >= 4 is 31.7 Å². The van der Waals surface area contributed by atoms with Gasteiger partial charge in [0.2, 0.25) is 5.91 Å². The van der Waals surface area contributed by atoms with Crippen LogP contribution >= 0.6 is 15.9 Å². The van der Waals surface area contributed by atoms with Crippen molar-refractivity contribution in [3.8, 4) is 0 Å². The second-order valence-electron chi connectivity index (χ2n) is 4.82. The number of nitrogens with two attached hydrogens (primary N) is 1. The largest absolute Gasteiger partial charge is 0.368 e. The fraction of sp³-hybridized carbons (Fsp3) is 0.462. The molecule has 0 saturated carbocycles. The van der Waals surface area contributed by atoms with Crippen LogP contribution in [0.3, 0.4) is 0 Å². The summed E-state index contributed by atoms with van der Waals surface area (Å²) in [7, 11) is -1.22. The van der Waals surface area contributed by atoms with Crippen LogP contribution in [-0.2, 0) is 14.6 Å². The third kappa shape index (κ3) is 5.60. The lowest BCUT2D eigenvalue weighted by molar-refractivity contribution is -0.123. The molecule has 1 aromatic carbocycles. The average Bonchev–Trinajstić information content (AvgIpc) is 2.26. The van der Waals surface area contributed by atoms with E-state index < -0.39 is 21.8 Å². The van der Waals surface area contributed by atoms with E-state index in [4.69, 9.17) is 5.73 Å². The zero-order valence-corrected chi connectivity index (χ0v) is 13.9. The first kappa shape index (κ1) is 17.1. The highest BCUT2D eigenvalue weighted by atomic mass is 79.9. The van der Waals surface area contributed by atoms with E-state index in [9.17, 15) is 13.2 Å². The Hall–Kier alpha value is -0.920. The number of rotatable bonds is 7. The molecular formula is C13H19BrN2O3S. The summed E-state index contributed by atoms with van der Waals surface area (Å²) >= 11 is 3.36. The Labute approximate surface area is 128 Å². The van der Waals surface area contributed by atoms with Crippen molar-refractivity contribution in [2.75, 3.05) is 25.6 Å². The van der Waals surface area contributed by atoms with Gasteiger partial charge in [-0.1, -0.05) is 28.1 Å². The van der Waals surface area contributed by atoms with Crippen LogP contribution in [0.4, 0.5) is 0 Å². The predicted octanol–water partition coefficient (Wildman–Crippen LogP) is 1.34. The number of carbonyl (C=O) groups excluding carboxylic acids is 1. The lowest BCUT2D eigenvalue weighted by Gasteiger charge is -2.25. The number of nitrogens with zero attached hydrogens (tertiary/aromatic N) is 1. The SMILES string of the molecule is CN(CCCS(C)(=O)=O)C(C(N)=O)c1cccc(Br)c1. The fourth-order valence-electron chi connectivity index (χ4n) is 2.02. The molecule has 0 aliphatic carbocycles. The van der Waals surface area contributed by atoms with E-state index in [0.29, 0.717) is 13.0 Å². The van der Waals surface area contributed by atoms with E-state index in [-0.39, 0.29) is 5.75 Å². The second-order valence-corrected chi connectivity index (χ2v) is 8.00. The molecule has 1 rings (SSSR count). The number of halogens is 1. The highest BCUT2D eigenvalue weighted by Gasteiger charge is 2.22. The maximum atomic E-state index is 11.7. The molecule has 0 spiro atoms. The summed E-state index contributed by atoms with van der Waals surface area (Å²) in [5, 5.41) is 0. The number of likely N-dealkylation sites (N-methyl/N-ethyl adjacent to an activating group) is 1. The van der Waals surface area contributed by atoms with Crippen molar-refractivity contribution in [2.45, 2.75) is 12.5 Å². The minimum atomic E-state index is -2.99. The molecule has 0 saturated heterocycles. The predicted molar refractivity (Wildman–Crippen MR) is 83.0 cm³/mol. The molecule has 20 heavy (non-hydrogen) atoms. The molecule has 1 amide bonds. The van der Waals surface area contributed by atoms with E-state index >= 15 is 0 Å². The molecule has 0 fully saturated rings. The zero-order chi connectivity index (χ0) is 15.3. The number of hydrogen-bond donors (Lipinski definition) is 1. The summed E-state index contributed by atoms with van der Waals surface area (Å²) in [6, 6.07) is 6.80. The summed E-state index contributed by atoms with van der Waals surface area (Å²) in [6.07, 6.45) is 1.67. The third-order valence-electron chi connectivity index (χ3n) is 2.90. The number of sulfone groups is 1. The van der Waals surface area contributed by atoms with Crippen LogP contribution in [0.2, 0.25) is 0 Å². The van der Waals surface area contributed by atoms with Gasteiger partial charge in [0, 0.05) is 10.7 Å². The molecule has 1 unspecified atom stereocenters. The Balaban J connectivity index is 2.78. The quantitative estimate of drug-likeness (QED) is 0.793. The van der Waals surface area contributed by atoms with Gasteiger partial charge in [0.15, 0.2) is 0 Å². The molecule has 0 bridgehead atoms. The first-order valence-electron chi connectivity index (χ1n) is 6.13. The van der Waals surface area contributed by atoms with Gasteiger partial charge in [-0.15, -0.1) is 0 Å². The Kier molecular flexibility index (Phi) is 6.16. The van der Waals surface area contributed by atoms with Gasteiger partial charge in [-0.3, -0.25) is 9.69 Å². The molecular weight excluding hydrogens is 344 g/mol. The van der Waals surface area contributed by atoms with Crippen LogP contribution in [0.5, 0.6) is 0 Å². The van der Waals surface area contributed by atoms with Crippen LogP contribution < -0.4 is 5.73 Å². The van der Waals surface area contributed by atoms with Crippen molar-refractivity contribution in [1.29, 1.82) is 0 Å². The van der Waals surface area contributed by atoms with Gasteiger partial charge in [-0.25, -0.2) is 8.42 Å². The molecule has 0 aliphatic rings. The van der Waals surface area contributed by atoms with Crippen LogP contribution in [0.25, 0.3) is 0 Å². The average molecular weight is 363 g/mol. The highest BCUT2D eigenvalue weighted by Crippen LogP contribution is 2.22. The van der Waals surface area contributed by atoms with E-state index in [0.717, 1.165) is 10.0 Å². The minimum Gasteiger partial charge on any atom is -0.368 e. The van der Waals surface area contributed by atoms with E-state index in [1.165, 1.54) is 6.26 Å². The summed E-state index contributed by atoms with van der Waals surface area (Å²) in [4.78, 5) is 13.4. The topological polar surface area (TPSA) is 80.5 Å². The monoisotopic (exact) mass is 362 g/mol. The van der Waals surface area contributed by atoms with Gasteiger partial charge in [0.1, 0.15) is 15.9 Å². The number of hydrogen-bond acceptors (Lipinski definition) is 4. The van der Waals surface area contributed by atoms with Crippen molar-refractivity contribution in [3.05, 3.63) is 34.3 Å². The Bertz CT molecular complexity index is 575. The second kappa shape index (κ2) is 7.19. The van der Waals surface area contributed by atoms with E-state index in [1.54, 1.807) is 11.9 Å². The molecule has 0 aliphatic heterocycles. The van der Waals surface area contributed by atoms with E-state index in [1.807, 2.05) is 24.3 Å². The molecule has 5 nitrogen and oxygen atoms in total. The Morgan fingerprint density at radius 3 is 2.60 bits per heavy atom. The van der Waals surface area contributed by atoms with Crippen LogP contribution in [0, 0.1) is 0 Å². The van der Waals surface area contributed by atoms with Gasteiger partial charge in [-0.05, 0) is 37.7 Å². The number of carbonyl (C=O) groups is 1. The molecule has 0 heterocycles. The van der Waals surface area contributed by atoms with Gasteiger partial charge >= 0.3 is 0 Å². The summed E-state index contributed by atoms with van der Waals surface area (Å²) < 4.78 is 23.1. The number of amides is 1. The zero-order valence-electron chi connectivity index (χ0n) is 11.5. The molecule has 112 valence electrons. The summed E-state index contributed by atoms with van der Waals surface area (Å²) in [6.45, 7) is 0.479. The summed E-state index contributed by atoms with van der Waals surface area (Å²) in [5.74, 6) is -0.355. The Morgan fingerprint density at radius 1 is 1.45 bits per heavy atom. The standard InChI is InChI=1S/C13H19BrN2O3S/c1-16(7-4-8-20(2,18)19)12(13(15)17)10-5-3-6-11(14)9-10/h3,5-6,9,12H,4,7-8H2,1-2H3,(H2,15,17). The fourth-order valence-corrected chi connectivity index (χ4v) is 3.09. The van der Waals surface area contributed by atoms with Crippen LogP contribution in [0.1, 0.15) is 18.0 Å². The van der Waals surface area contributed by atoms with E-state index in [2.05, 4.69) is 15.9 Å². The minimum absolute atomic E-state index is 0.0985. The maximum Gasteiger partial charge on any atom is 0.239 e. The third-order valence-corrected chi connectivity index (χ3v) is 4.42. The lowest BCUT2D eigenvalue weighted by atomic mass is 10.1. The smallest absolute Gasteiger partial charge is 0.239 e. The highest BCUT2D eigenvalue weighted by molar-refractivity contribution is 9.10. The van der Waals surface area contributed by atoms with Gasteiger partial charge in [0.05, 0.1) is 5.75 Å². The molecule has 0 radical (unpaired) electrons. The molecule has 7 heteroatoms. The van der Waals surface area contributed by atoms with Gasteiger partial charge < -0.3 is 5.73 Å². The van der Waals surface area contributed by atoms with Gasteiger partial charge in [-0.2, -0.15) is 0 Å². The van der Waals surface area contributed by atoms with Crippen LogP contribution in [-0.4, -0.2) is 44.8 Å². The van der Waals surface area contributed by atoms with Crippen molar-refractivity contribution < 1.29 is 13.2 Å². The molecule has 2 N–H and O–H groups in total. The first-order chi connectivity index (χ1) is 9.20. The molecule has 1 atom stereocenters. The van der Waals surface area contributed by atoms with Crippen molar-refractivity contribution in [2.24, 2.45) is 5.73 Å². The number of primary amides is 1. The Morgan fingerprint density at radius 2 is 2.10 bits per heavy atom. The van der Waals surface area contributed by atoms with Crippen molar-refractivity contribution in [1.82, 2.24) is 4.90 Å². The maximum absolute atomic E-state index is 11.7. The molecule has 1 aromatic rings. The van der Waals surface area contributed by atoms with Crippen molar-refractivity contribution in [3.63, 3.8) is 0 Å². The summed E-state index contributed by atoms with van der Waals surface area (Å²) in [5.41, 5.74) is 6.25. The number of benzene rings is 1. The van der Waals surface area contributed by atoms with Gasteiger partial charge in [0.25, 0.3) is 0 Å².